The molecule has 1 atom stereocenters. The van der Waals surface area contributed by atoms with Gasteiger partial charge in [-0.25, -0.2) is 0 Å². The second kappa shape index (κ2) is 7.46. The van der Waals surface area contributed by atoms with Crippen LogP contribution in [0.15, 0.2) is 40.8 Å². The van der Waals surface area contributed by atoms with Crippen LogP contribution in [0.5, 0.6) is 0 Å². The quantitative estimate of drug-likeness (QED) is 0.679. The Balaban J connectivity index is 1.71. The van der Waals surface area contributed by atoms with E-state index in [0.29, 0.717) is 0 Å². The number of hydrogen-bond acceptors (Lipinski definition) is 3. The zero-order valence-corrected chi connectivity index (χ0v) is 17.8. The first-order valence-electron chi connectivity index (χ1n) is 8.74. The minimum absolute atomic E-state index is 0.140. The average molecular weight is 425 g/mol. The highest BCUT2D eigenvalue weighted by molar-refractivity contribution is 7.80. The van der Waals surface area contributed by atoms with E-state index >= 15 is 0 Å². The molecule has 1 saturated heterocycles. The second-order valence-electron chi connectivity index (χ2n) is 7.76. The van der Waals surface area contributed by atoms with Gasteiger partial charge in [0.2, 0.25) is 0 Å². The Morgan fingerprint density at radius 1 is 1.33 bits per heavy atom. The van der Waals surface area contributed by atoms with Crippen molar-refractivity contribution in [2.75, 3.05) is 13.1 Å². The first-order chi connectivity index (χ1) is 12.6. The molecule has 1 N–H and O–H groups in total. The molecule has 0 saturated carbocycles. The molecule has 2 heterocycles. The number of nitrogens with zero attached hydrogens (tertiary/aromatic N) is 1. The number of benzene rings is 1. The summed E-state index contributed by atoms with van der Waals surface area (Å²) < 4.78 is 5.20. The van der Waals surface area contributed by atoms with Crippen LogP contribution in [0.1, 0.15) is 43.3 Å². The van der Waals surface area contributed by atoms with Crippen LogP contribution in [-0.2, 0) is 5.41 Å². The number of hydrogen-bond donors (Lipinski definition) is 1. The Kier molecular flexibility index (Phi) is 5.57. The van der Waals surface area contributed by atoms with E-state index in [1.165, 1.54) is 0 Å². The van der Waals surface area contributed by atoms with Crippen molar-refractivity contribution in [3.63, 3.8) is 0 Å². The van der Waals surface area contributed by atoms with Gasteiger partial charge in [-0.15, -0.1) is 0 Å². The van der Waals surface area contributed by atoms with Crippen molar-refractivity contribution in [1.29, 1.82) is 0 Å². The largest absolute Gasteiger partial charge is 0.440 e. The van der Waals surface area contributed by atoms with Crippen LogP contribution in [-0.4, -0.2) is 34.4 Å². The van der Waals surface area contributed by atoms with E-state index in [2.05, 4.69) is 30.1 Å². The van der Waals surface area contributed by atoms with Gasteiger partial charge in [0, 0.05) is 23.5 Å². The lowest BCUT2D eigenvalue weighted by Gasteiger charge is -2.34. The van der Waals surface area contributed by atoms with Gasteiger partial charge in [-0.3, -0.25) is 4.79 Å². The first-order valence-corrected chi connectivity index (χ1v) is 9.90. The highest BCUT2D eigenvalue weighted by atomic mass is 35.5. The van der Waals surface area contributed by atoms with Crippen LogP contribution in [0.4, 0.5) is 0 Å². The predicted molar refractivity (Wildman–Crippen MR) is 113 cm³/mol. The summed E-state index contributed by atoms with van der Waals surface area (Å²) in [5, 5.41) is 3.91. The average Bonchev–Trinajstić information content (AvgIpc) is 3.14. The number of carbonyl (C=O) groups is 1. The number of amides is 1. The number of thiocarbonyl (C=S) groups is 1. The van der Waals surface area contributed by atoms with E-state index in [1.54, 1.807) is 12.1 Å². The van der Waals surface area contributed by atoms with Gasteiger partial charge in [0.25, 0.3) is 5.91 Å². The summed E-state index contributed by atoms with van der Waals surface area (Å²) in [6.07, 6.45) is 0.734. The number of furan rings is 1. The molecule has 4 nitrogen and oxygen atoms in total. The van der Waals surface area contributed by atoms with Crippen molar-refractivity contribution >= 4 is 46.3 Å². The zero-order valence-electron chi connectivity index (χ0n) is 15.5. The Hall–Kier alpha value is -1.56. The molecule has 2 aromatic rings. The van der Waals surface area contributed by atoms with Crippen LogP contribution in [0.25, 0.3) is 0 Å². The molecule has 1 fully saturated rings. The Morgan fingerprint density at radius 2 is 2.07 bits per heavy atom. The highest BCUT2D eigenvalue weighted by Crippen LogP contribution is 2.31. The number of likely N-dealkylation sites (tertiary alicyclic amines) is 1. The molecule has 0 spiro atoms. The van der Waals surface area contributed by atoms with Crippen LogP contribution in [0, 0.1) is 0 Å². The van der Waals surface area contributed by atoms with Crippen molar-refractivity contribution < 1.29 is 9.21 Å². The molecule has 27 heavy (non-hydrogen) atoms. The SMILES string of the molecule is CC1(NC(=O)c2ccc(Cl)o2)CCN(CC(C)(C)c2cccc(Cl)c2)C1=S. The summed E-state index contributed by atoms with van der Waals surface area (Å²) >= 11 is 17.6. The van der Waals surface area contributed by atoms with Gasteiger partial charge < -0.3 is 14.6 Å². The summed E-state index contributed by atoms with van der Waals surface area (Å²) in [6.45, 7) is 7.80. The van der Waals surface area contributed by atoms with Gasteiger partial charge >= 0.3 is 0 Å². The fourth-order valence-electron chi connectivity index (χ4n) is 3.41. The highest BCUT2D eigenvalue weighted by Gasteiger charge is 2.42. The van der Waals surface area contributed by atoms with E-state index in [4.69, 9.17) is 39.8 Å². The summed E-state index contributed by atoms with van der Waals surface area (Å²) in [5.74, 6) is -0.135. The minimum atomic E-state index is -0.601. The molecule has 1 aromatic carbocycles. The van der Waals surface area contributed by atoms with Crippen molar-refractivity contribution in [3.8, 4) is 0 Å². The second-order valence-corrected chi connectivity index (χ2v) is 8.96. The summed E-state index contributed by atoms with van der Waals surface area (Å²) in [6, 6.07) is 11.0. The smallest absolute Gasteiger partial charge is 0.287 e. The minimum Gasteiger partial charge on any atom is -0.440 e. The van der Waals surface area contributed by atoms with Gasteiger partial charge in [-0.1, -0.05) is 49.8 Å². The number of rotatable bonds is 5. The molecule has 0 aliphatic carbocycles. The van der Waals surface area contributed by atoms with Crippen LogP contribution < -0.4 is 5.32 Å². The van der Waals surface area contributed by atoms with E-state index in [-0.39, 0.29) is 22.3 Å². The van der Waals surface area contributed by atoms with E-state index in [0.717, 1.165) is 35.1 Å². The van der Waals surface area contributed by atoms with Gasteiger partial charge in [0.1, 0.15) is 4.99 Å². The molecule has 144 valence electrons. The van der Waals surface area contributed by atoms with Crippen molar-refractivity contribution in [2.24, 2.45) is 0 Å². The Morgan fingerprint density at radius 3 is 2.70 bits per heavy atom. The molecule has 3 rings (SSSR count). The standard InChI is InChI=1S/C20H22Cl2N2O2S/c1-19(2,13-5-4-6-14(21)11-13)12-24-10-9-20(3,18(24)27)23-17(25)15-7-8-16(22)26-15/h4-8,11H,9-10,12H2,1-3H3,(H,23,25). The Bertz CT molecular complexity index is 880. The third kappa shape index (κ3) is 4.31. The lowest BCUT2D eigenvalue weighted by Crippen LogP contribution is -2.52. The summed E-state index contributed by atoms with van der Waals surface area (Å²) in [7, 11) is 0. The fourth-order valence-corrected chi connectivity index (χ4v) is 4.05. The van der Waals surface area contributed by atoms with E-state index in [1.807, 2.05) is 25.1 Å². The maximum atomic E-state index is 12.5. The fraction of sp³-hybridized carbons (Fsp3) is 0.400. The van der Waals surface area contributed by atoms with Crippen molar-refractivity contribution in [2.45, 2.75) is 38.1 Å². The van der Waals surface area contributed by atoms with Crippen LogP contribution in [0.2, 0.25) is 10.2 Å². The number of halogens is 2. The molecule has 1 unspecified atom stereocenters. The van der Waals surface area contributed by atoms with Crippen LogP contribution >= 0.6 is 35.4 Å². The summed E-state index contributed by atoms with van der Waals surface area (Å²) in [5.41, 5.74) is 0.412. The zero-order chi connectivity index (χ0) is 19.8. The van der Waals surface area contributed by atoms with E-state index in [9.17, 15) is 4.79 Å². The molecule has 1 aromatic heterocycles. The molecule has 0 radical (unpaired) electrons. The topological polar surface area (TPSA) is 45.5 Å². The monoisotopic (exact) mass is 424 g/mol. The third-order valence-corrected chi connectivity index (χ3v) is 6.17. The molecular formula is C20H22Cl2N2O2S. The normalized spacial score (nSPS) is 20.2. The number of carbonyl (C=O) groups excluding carboxylic acids is 1. The molecule has 0 bridgehead atoms. The molecule has 1 aliphatic rings. The molecule has 7 heteroatoms. The van der Waals surface area contributed by atoms with Gasteiger partial charge in [-0.05, 0) is 54.8 Å². The molecule has 1 amide bonds. The maximum absolute atomic E-state index is 12.5. The molecular weight excluding hydrogens is 403 g/mol. The van der Waals surface area contributed by atoms with Gasteiger partial charge in [0.15, 0.2) is 11.0 Å². The van der Waals surface area contributed by atoms with Crippen LogP contribution in [0.3, 0.4) is 0 Å². The third-order valence-electron chi connectivity index (χ3n) is 5.02. The first kappa shape index (κ1) is 20.2. The maximum Gasteiger partial charge on any atom is 0.287 e. The van der Waals surface area contributed by atoms with Gasteiger partial charge in [-0.2, -0.15) is 0 Å². The van der Waals surface area contributed by atoms with E-state index < -0.39 is 5.54 Å². The lowest BCUT2D eigenvalue weighted by molar-refractivity contribution is 0.0900. The van der Waals surface area contributed by atoms with Crippen molar-refractivity contribution in [1.82, 2.24) is 10.2 Å². The summed E-state index contributed by atoms with van der Waals surface area (Å²) in [4.78, 5) is 15.3. The van der Waals surface area contributed by atoms with Gasteiger partial charge in [0.05, 0.1) is 5.54 Å². The lowest BCUT2D eigenvalue weighted by atomic mass is 9.84. The molecule has 1 aliphatic heterocycles. The Labute approximate surface area is 174 Å². The van der Waals surface area contributed by atoms with Crippen molar-refractivity contribution in [3.05, 3.63) is 58.0 Å². The predicted octanol–water partition coefficient (Wildman–Crippen LogP) is 5.09. The number of nitrogens with one attached hydrogen (secondary N) is 1.